The number of hydrogen-bond acceptors (Lipinski definition) is 8. The summed E-state index contributed by atoms with van der Waals surface area (Å²) in [5, 5.41) is 15.6. The van der Waals surface area contributed by atoms with E-state index in [-0.39, 0.29) is 15.5 Å². The van der Waals surface area contributed by atoms with Crippen molar-refractivity contribution in [1.82, 2.24) is 14.1 Å². The Kier molecular flexibility index (Phi) is 6.13. The molecule has 3 N–H and O–H groups in total. The lowest BCUT2D eigenvalue weighted by molar-refractivity contribution is -0.124. The zero-order valence-electron chi connectivity index (χ0n) is 17.9. The van der Waals surface area contributed by atoms with Crippen LogP contribution in [0.25, 0.3) is 5.52 Å². The molecule has 2 saturated heterocycles. The molecule has 0 amide bonds. The molecule has 4 heterocycles. The van der Waals surface area contributed by atoms with E-state index >= 15 is 0 Å². The molecule has 0 aromatic carbocycles. The van der Waals surface area contributed by atoms with Crippen LogP contribution in [0.3, 0.4) is 0 Å². The number of nitrogens with one attached hydrogen (secondary N) is 3. The van der Waals surface area contributed by atoms with Crippen LogP contribution in [0.15, 0.2) is 23.4 Å². The quantitative estimate of drug-likeness (QED) is 0.299. The van der Waals surface area contributed by atoms with E-state index in [1.165, 1.54) is 0 Å². The van der Waals surface area contributed by atoms with Gasteiger partial charge in [0.1, 0.15) is 16.8 Å². The molecule has 33 heavy (non-hydrogen) atoms. The third kappa shape index (κ3) is 4.38. The van der Waals surface area contributed by atoms with Gasteiger partial charge in [-0.3, -0.25) is 15.2 Å². The van der Waals surface area contributed by atoms with Crippen molar-refractivity contribution in [1.29, 1.82) is 10.8 Å². The van der Waals surface area contributed by atoms with Crippen LogP contribution in [0, 0.1) is 16.2 Å². The number of anilines is 1. The molecular weight excluding hydrogens is 473 g/mol. The average Bonchev–Trinajstić information content (AvgIpc) is 3.47. The maximum Gasteiger partial charge on any atom is 0.257 e. The maximum atomic E-state index is 13.4. The van der Waals surface area contributed by atoms with E-state index in [9.17, 15) is 13.2 Å². The molecule has 5 rings (SSSR count). The predicted molar refractivity (Wildman–Crippen MR) is 125 cm³/mol. The molecule has 7 nitrogen and oxygen atoms in total. The van der Waals surface area contributed by atoms with Crippen molar-refractivity contribution < 1.29 is 17.9 Å². The van der Waals surface area contributed by atoms with Gasteiger partial charge < -0.3 is 9.64 Å². The Morgan fingerprint density at radius 2 is 1.94 bits per heavy atom. The Morgan fingerprint density at radius 3 is 2.52 bits per heavy atom. The maximum absolute atomic E-state index is 13.4. The predicted octanol–water partition coefficient (Wildman–Crippen LogP) is 4.35. The first-order valence-electron chi connectivity index (χ1n) is 10.8. The zero-order chi connectivity index (χ0) is 23.2. The average molecular weight is 499 g/mol. The highest BCUT2D eigenvalue weighted by Crippen LogP contribution is 2.44. The van der Waals surface area contributed by atoms with Crippen molar-refractivity contribution in [2.45, 2.75) is 42.5 Å². The number of piperidine rings is 1. The molecule has 2 aromatic heterocycles. The molecule has 0 unspecified atom stereocenters. The lowest BCUT2D eigenvalue weighted by Gasteiger charge is -2.48. The fraction of sp³-hybridized carbons (Fsp3) is 0.571. The summed E-state index contributed by atoms with van der Waals surface area (Å²) in [6.07, 6.45) is 3.92. The van der Waals surface area contributed by atoms with Crippen LogP contribution in [0.1, 0.15) is 31.5 Å². The minimum absolute atomic E-state index is 0.0332. The lowest BCUT2D eigenvalue weighted by Crippen LogP contribution is -2.51. The van der Waals surface area contributed by atoms with Gasteiger partial charge in [-0.1, -0.05) is 0 Å². The number of fused-ring (bicyclic) bond motifs is 1. The first-order chi connectivity index (χ1) is 15.8. The SMILES string of the molecule is N=C(CF)SC(=N)c1ncc2c(N3CCC4(CC3)COC4)cc(SNC3(C(F)F)CC3)cn12. The second-order valence-electron chi connectivity index (χ2n) is 9.03. The number of alkyl halides is 3. The minimum Gasteiger partial charge on any atom is -0.380 e. The number of rotatable bonds is 7. The number of halogens is 3. The van der Waals surface area contributed by atoms with E-state index in [1.54, 1.807) is 16.8 Å². The Balaban J connectivity index is 1.46. The van der Waals surface area contributed by atoms with Gasteiger partial charge in [0, 0.05) is 29.6 Å². The van der Waals surface area contributed by atoms with E-state index in [0.717, 1.165) is 79.0 Å². The first kappa shape index (κ1) is 23.0. The number of imidazole rings is 1. The van der Waals surface area contributed by atoms with Crippen LogP contribution in [0.2, 0.25) is 0 Å². The molecular formula is C21H25F3N6OS2. The van der Waals surface area contributed by atoms with E-state index in [1.807, 2.05) is 6.07 Å². The number of pyridine rings is 1. The summed E-state index contributed by atoms with van der Waals surface area (Å²) in [7, 11) is 0. The molecule has 0 bridgehead atoms. The molecule has 1 spiro atoms. The van der Waals surface area contributed by atoms with Gasteiger partial charge in [0.15, 0.2) is 5.82 Å². The van der Waals surface area contributed by atoms with Gasteiger partial charge in [-0.15, -0.1) is 0 Å². The van der Waals surface area contributed by atoms with Crippen molar-refractivity contribution in [2.24, 2.45) is 5.41 Å². The first-order valence-corrected chi connectivity index (χ1v) is 12.4. The second kappa shape index (κ2) is 8.79. The van der Waals surface area contributed by atoms with Crippen LogP contribution >= 0.6 is 23.7 Å². The van der Waals surface area contributed by atoms with E-state index in [4.69, 9.17) is 15.6 Å². The second-order valence-corrected chi connectivity index (χ2v) is 11.0. The number of hydrogen-bond donors (Lipinski definition) is 3. The summed E-state index contributed by atoms with van der Waals surface area (Å²) in [4.78, 5) is 7.39. The number of aromatic nitrogens is 2. The van der Waals surface area contributed by atoms with Gasteiger partial charge in [-0.25, -0.2) is 22.9 Å². The molecule has 0 atom stereocenters. The fourth-order valence-corrected chi connectivity index (χ4v) is 5.78. The topological polar surface area (TPSA) is 89.5 Å². The van der Waals surface area contributed by atoms with Crippen molar-refractivity contribution in [3.8, 4) is 0 Å². The Labute approximate surface area is 198 Å². The number of ether oxygens (including phenoxy) is 1. The molecule has 2 aromatic rings. The van der Waals surface area contributed by atoms with Crippen LogP contribution < -0.4 is 9.62 Å². The van der Waals surface area contributed by atoms with E-state index in [0.29, 0.717) is 18.7 Å². The van der Waals surface area contributed by atoms with Crippen LogP contribution in [-0.4, -0.2) is 64.4 Å². The van der Waals surface area contributed by atoms with E-state index < -0.39 is 18.6 Å². The third-order valence-corrected chi connectivity index (χ3v) is 8.41. The summed E-state index contributed by atoms with van der Waals surface area (Å²) >= 11 is 1.88. The van der Waals surface area contributed by atoms with Crippen molar-refractivity contribution >= 4 is 45.0 Å². The monoisotopic (exact) mass is 498 g/mol. The van der Waals surface area contributed by atoms with E-state index in [2.05, 4.69) is 14.6 Å². The number of thioether (sulfide) groups is 1. The highest BCUT2D eigenvalue weighted by Gasteiger charge is 2.51. The molecule has 1 aliphatic carbocycles. The normalized spacial score (nSPS) is 20.9. The fourth-order valence-electron chi connectivity index (χ4n) is 4.29. The molecule has 12 heteroatoms. The third-order valence-electron chi connectivity index (χ3n) is 6.70. The smallest absolute Gasteiger partial charge is 0.257 e. The van der Waals surface area contributed by atoms with Gasteiger partial charge in [0.25, 0.3) is 6.43 Å². The van der Waals surface area contributed by atoms with Crippen molar-refractivity contribution in [3.63, 3.8) is 0 Å². The van der Waals surface area contributed by atoms with Gasteiger partial charge in [-0.2, -0.15) is 0 Å². The van der Waals surface area contributed by atoms with Crippen LogP contribution in [0.5, 0.6) is 0 Å². The molecule has 2 aliphatic heterocycles. The summed E-state index contributed by atoms with van der Waals surface area (Å²) in [5.74, 6) is 0.299. The van der Waals surface area contributed by atoms with Gasteiger partial charge in [0.05, 0.1) is 36.2 Å². The number of nitrogens with zero attached hydrogens (tertiary/aromatic N) is 3. The lowest BCUT2D eigenvalue weighted by atomic mass is 9.77. The molecule has 3 aliphatic rings. The van der Waals surface area contributed by atoms with Gasteiger partial charge in [0.2, 0.25) is 0 Å². The van der Waals surface area contributed by atoms with Gasteiger partial charge in [-0.05, 0) is 55.5 Å². The standard InChI is InChI=1S/C21H25F3N6OS2/c22-8-16(25)32-17(26)18-27-9-15-14(29-5-3-20(4-6-29)11-31-12-20)7-13(10-30(15)18)33-28-21(1-2-21)19(23)24/h7,9-10,19,25-26,28H,1-6,8,11-12H2. The summed E-state index contributed by atoms with van der Waals surface area (Å²) in [6.45, 7) is 2.36. The summed E-state index contributed by atoms with van der Waals surface area (Å²) < 4.78 is 49.7. The van der Waals surface area contributed by atoms with Crippen LogP contribution in [-0.2, 0) is 4.74 Å². The summed E-state index contributed by atoms with van der Waals surface area (Å²) in [6, 6.07) is 1.98. The summed E-state index contributed by atoms with van der Waals surface area (Å²) in [5.41, 5.74) is 0.851. The Bertz CT molecular complexity index is 1080. The zero-order valence-corrected chi connectivity index (χ0v) is 19.5. The molecule has 0 radical (unpaired) electrons. The highest BCUT2D eigenvalue weighted by atomic mass is 32.2. The molecule has 178 valence electrons. The minimum atomic E-state index is -2.43. The highest BCUT2D eigenvalue weighted by molar-refractivity contribution is 8.26. The molecule has 1 saturated carbocycles. The van der Waals surface area contributed by atoms with Crippen molar-refractivity contribution in [3.05, 3.63) is 24.3 Å². The van der Waals surface area contributed by atoms with Crippen LogP contribution in [0.4, 0.5) is 18.9 Å². The Morgan fingerprint density at radius 1 is 1.21 bits per heavy atom. The van der Waals surface area contributed by atoms with Gasteiger partial charge >= 0.3 is 0 Å². The Hall–Kier alpha value is -1.76. The molecule has 3 fully saturated rings. The largest absolute Gasteiger partial charge is 0.380 e. The van der Waals surface area contributed by atoms with Crippen molar-refractivity contribution in [2.75, 3.05) is 37.9 Å².